The fourth-order valence-electron chi connectivity index (χ4n) is 3.82. The number of hydrogen-bond acceptors (Lipinski definition) is 5. The van der Waals surface area contributed by atoms with E-state index in [1.165, 1.54) is 0 Å². The zero-order chi connectivity index (χ0) is 26.4. The van der Waals surface area contributed by atoms with Gasteiger partial charge < -0.3 is 15.4 Å². The lowest BCUT2D eigenvalue weighted by molar-refractivity contribution is 0.0523. The van der Waals surface area contributed by atoms with Crippen molar-refractivity contribution in [3.63, 3.8) is 0 Å². The van der Waals surface area contributed by atoms with E-state index >= 15 is 0 Å². The van der Waals surface area contributed by atoms with Gasteiger partial charge >= 0.3 is 6.09 Å². The lowest BCUT2D eigenvalue weighted by Crippen LogP contribution is -2.32. The van der Waals surface area contributed by atoms with E-state index in [2.05, 4.69) is 20.6 Å². The second-order valence-corrected chi connectivity index (χ2v) is 9.61. The molecule has 2 N–H and O–H groups in total. The molecule has 0 saturated heterocycles. The molecule has 0 aliphatic carbocycles. The quantitative estimate of drug-likeness (QED) is 0.324. The first kappa shape index (κ1) is 25.6. The Labute approximate surface area is 216 Å². The average Bonchev–Trinajstić information content (AvgIpc) is 2.87. The van der Waals surface area contributed by atoms with Gasteiger partial charge in [-0.3, -0.25) is 4.79 Å². The summed E-state index contributed by atoms with van der Waals surface area (Å²) in [6.07, 6.45) is 1.25. The van der Waals surface area contributed by atoms with Crippen molar-refractivity contribution in [1.29, 1.82) is 0 Å². The highest BCUT2D eigenvalue weighted by atomic mass is 16.6. The van der Waals surface area contributed by atoms with Gasteiger partial charge in [-0.1, -0.05) is 48.5 Å². The number of anilines is 1. The molecule has 0 fully saturated rings. The molecule has 1 heterocycles. The van der Waals surface area contributed by atoms with E-state index in [4.69, 9.17) is 4.74 Å². The largest absolute Gasteiger partial charge is 0.444 e. The molecule has 0 aliphatic heterocycles. The van der Waals surface area contributed by atoms with Gasteiger partial charge in [0.2, 0.25) is 0 Å². The molecule has 0 aliphatic rings. The number of rotatable bonds is 6. The first-order valence-electron chi connectivity index (χ1n) is 12.0. The molecule has 0 unspecified atom stereocenters. The maximum absolute atomic E-state index is 12.9. The number of amides is 2. The van der Waals surface area contributed by atoms with Gasteiger partial charge in [0.1, 0.15) is 11.4 Å². The first-order valence-corrected chi connectivity index (χ1v) is 12.0. The second kappa shape index (κ2) is 11.0. The smallest absolute Gasteiger partial charge is 0.407 e. The molecule has 1 aromatic heterocycles. The Bertz CT molecular complexity index is 1410. The average molecular weight is 495 g/mol. The molecule has 0 atom stereocenters. The molecule has 2 amide bonds. The van der Waals surface area contributed by atoms with Crippen LogP contribution in [0.25, 0.3) is 22.4 Å². The summed E-state index contributed by atoms with van der Waals surface area (Å²) < 4.78 is 5.33. The van der Waals surface area contributed by atoms with Gasteiger partial charge in [-0.05, 0) is 74.7 Å². The number of hydrogen-bond donors (Lipinski definition) is 2. The zero-order valence-corrected chi connectivity index (χ0v) is 21.4. The summed E-state index contributed by atoms with van der Waals surface area (Å²) in [4.78, 5) is 33.6. The zero-order valence-electron chi connectivity index (χ0n) is 21.4. The summed E-state index contributed by atoms with van der Waals surface area (Å²) in [5, 5.41) is 5.77. The van der Waals surface area contributed by atoms with Crippen molar-refractivity contribution in [2.24, 2.45) is 0 Å². The van der Waals surface area contributed by atoms with E-state index in [-0.39, 0.29) is 5.91 Å². The van der Waals surface area contributed by atoms with Gasteiger partial charge in [-0.25, -0.2) is 14.8 Å². The van der Waals surface area contributed by atoms with Crippen molar-refractivity contribution in [2.75, 3.05) is 5.32 Å². The van der Waals surface area contributed by atoms with Gasteiger partial charge in [0.05, 0.1) is 5.69 Å². The van der Waals surface area contributed by atoms with Gasteiger partial charge in [0, 0.05) is 29.6 Å². The van der Waals surface area contributed by atoms with Crippen LogP contribution in [-0.4, -0.2) is 27.6 Å². The summed E-state index contributed by atoms with van der Waals surface area (Å²) in [5.74, 6) is 0.483. The predicted octanol–water partition coefficient (Wildman–Crippen LogP) is 6.40. The number of carbonyl (C=O) groups excluding carboxylic acids is 2. The van der Waals surface area contributed by atoms with Crippen LogP contribution in [0.3, 0.4) is 0 Å². The van der Waals surface area contributed by atoms with Crippen LogP contribution in [0.15, 0.2) is 85.1 Å². The van der Waals surface area contributed by atoms with Crippen molar-refractivity contribution < 1.29 is 14.3 Å². The van der Waals surface area contributed by atoms with Crippen LogP contribution in [0.5, 0.6) is 0 Å². The van der Waals surface area contributed by atoms with Crippen molar-refractivity contribution in [2.45, 2.75) is 39.8 Å². The highest BCUT2D eigenvalue weighted by molar-refractivity contribution is 6.04. The third kappa shape index (κ3) is 7.01. The Morgan fingerprint density at radius 1 is 0.892 bits per heavy atom. The van der Waals surface area contributed by atoms with Gasteiger partial charge in [-0.15, -0.1) is 0 Å². The Balaban J connectivity index is 1.45. The van der Waals surface area contributed by atoms with Crippen LogP contribution >= 0.6 is 0 Å². The molecule has 4 aromatic rings. The number of aryl methyl sites for hydroxylation is 1. The number of aromatic nitrogens is 2. The molecule has 0 spiro atoms. The van der Waals surface area contributed by atoms with Crippen LogP contribution in [0.4, 0.5) is 10.5 Å². The minimum atomic E-state index is -0.559. The van der Waals surface area contributed by atoms with E-state index in [0.29, 0.717) is 23.6 Å². The van der Waals surface area contributed by atoms with Crippen molar-refractivity contribution in [3.05, 3.63) is 102 Å². The van der Waals surface area contributed by atoms with Crippen molar-refractivity contribution in [1.82, 2.24) is 15.3 Å². The van der Waals surface area contributed by atoms with E-state index in [1.54, 1.807) is 18.3 Å². The predicted molar refractivity (Wildman–Crippen MR) is 145 cm³/mol. The third-order valence-corrected chi connectivity index (χ3v) is 5.49. The molecule has 37 heavy (non-hydrogen) atoms. The van der Waals surface area contributed by atoms with Crippen LogP contribution in [0.2, 0.25) is 0 Å². The lowest BCUT2D eigenvalue weighted by atomic mass is 9.98. The molecule has 3 aromatic carbocycles. The molecule has 7 heteroatoms. The Kier molecular flexibility index (Phi) is 7.63. The molecule has 188 valence electrons. The first-order chi connectivity index (χ1) is 17.7. The number of ether oxygens (including phenoxy) is 1. The highest BCUT2D eigenvalue weighted by Crippen LogP contribution is 2.25. The number of alkyl carbamates (subject to hydrolysis) is 1. The molecular formula is C30H30N4O3. The van der Waals surface area contributed by atoms with E-state index in [1.807, 2.05) is 94.4 Å². The van der Waals surface area contributed by atoms with Crippen molar-refractivity contribution in [3.8, 4) is 22.4 Å². The Morgan fingerprint density at radius 2 is 1.65 bits per heavy atom. The monoisotopic (exact) mass is 494 g/mol. The van der Waals surface area contributed by atoms with Gasteiger partial charge in [-0.2, -0.15) is 0 Å². The SMILES string of the molecule is Cc1nccc(-c2cccc(NC(=O)c3ccc(-c4ccccc4CNC(=O)OC(C)(C)C)cc3)c2)n1. The van der Waals surface area contributed by atoms with E-state index in [9.17, 15) is 9.59 Å². The van der Waals surface area contributed by atoms with E-state index < -0.39 is 11.7 Å². The lowest BCUT2D eigenvalue weighted by Gasteiger charge is -2.20. The molecule has 4 rings (SSSR count). The maximum atomic E-state index is 12.9. The molecule has 7 nitrogen and oxygen atoms in total. The number of nitrogens with zero attached hydrogens (tertiary/aromatic N) is 2. The molecule has 0 saturated carbocycles. The summed E-state index contributed by atoms with van der Waals surface area (Å²) in [6.45, 7) is 7.65. The fraction of sp³-hybridized carbons (Fsp3) is 0.200. The van der Waals surface area contributed by atoms with E-state index in [0.717, 1.165) is 27.9 Å². The topological polar surface area (TPSA) is 93.2 Å². The van der Waals surface area contributed by atoms with Crippen LogP contribution in [-0.2, 0) is 11.3 Å². The Hall–Kier alpha value is -4.52. The number of carbonyl (C=O) groups is 2. The summed E-state index contributed by atoms with van der Waals surface area (Å²) >= 11 is 0. The minimum Gasteiger partial charge on any atom is -0.444 e. The number of nitrogens with one attached hydrogen (secondary N) is 2. The summed E-state index contributed by atoms with van der Waals surface area (Å²) in [5.41, 5.74) is 5.22. The molecule has 0 bridgehead atoms. The normalized spacial score (nSPS) is 11.0. The molecule has 0 radical (unpaired) electrons. The second-order valence-electron chi connectivity index (χ2n) is 9.61. The van der Waals surface area contributed by atoms with Crippen LogP contribution < -0.4 is 10.6 Å². The summed E-state index contributed by atoms with van der Waals surface area (Å²) in [6, 6.07) is 24.6. The van der Waals surface area contributed by atoms with Crippen LogP contribution in [0, 0.1) is 6.92 Å². The molecular weight excluding hydrogens is 464 g/mol. The van der Waals surface area contributed by atoms with Gasteiger partial charge in [0.25, 0.3) is 5.91 Å². The van der Waals surface area contributed by atoms with Crippen molar-refractivity contribution >= 4 is 17.7 Å². The number of benzene rings is 3. The third-order valence-electron chi connectivity index (χ3n) is 5.49. The standard InChI is InChI=1S/C30H30N4O3/c1-20-31-17-16-27(33-20)23-9-7-10-25(18-23)34-28(35)22-14-12-21(13-15-22)26-11-6-5-8-24(26)19-32-29(36)37-30(2,3)4/h5-18H,19H2,1-4H3,(H,32,36)(H,34,35). The summed E-state index contributed by atoms with van der Waals surface area (Å²) in [7, 11) is 0. The van der Waals surface area contributed by atoms with Gasteiger partial charge in [0.15, 0.2) is 0 Å². The highest BCUT2D eigenvalue weighted by Gasteiger charge is 2.16. The fourth-order valence-corrected chi connectivity index (χ4v) is 3.82. The Morgan fingerprint density at radius 3 is 2.38 bits per heavy atom. The maximum Gasteiger partial charge on any atom is 0.407 e. The minimum absolute atomic E-state index is 0.206. The van der Waals surface area contributed by atoms with Crippen LogP contribution in [0.1, 0.15) is 42.5 Å².